The lowest BCUT2D eigenvalue weighted by atomic mass is 10.0. The molecular formula is C18H18N4O2. The van der Waals surface area contributed by atoms with Crippen molar-refractivity contribution in [2.45, 2.75) is 26.7 Å². The fourth-order valence-corrected chi connectivity index (χ4v) is 2.43. The number of aromatic carboxylic acids is 1. The number of fused-ring (bicyclic) bond motifs is 1. The van der Waals surface area contributed by atoms with Crippen molar-refractivity contribution in [2.24, 2.45) is 10.2 Å². The Hall–Kier alpha value is -3.02. The summed E-state index contributed by atoms with van der Waals surface area (Å²) in [5, 5.41) is 17.7. The number of rotatable bonds is 4. The first-order chi connectivity index (χ1) is 11.5. The molecule has 0 bridgehead atoms. The SMILES string of the molecule is Cc1nc2ccc(C(=O)O)cn2c1N=Nc1ccc(C(C)C)cc1. The molecule has 0 fully saturated rings. The van der Waals surface area contributed by atoms with Gasteiger partial charge in [-0.05, 0) is 42.7 Å². The minimum atomic E-state index is -0.990. The average molecular weight is 322 g/mol. The van der Waals surface area contributed by atoms with E-state index >= 15 is 0 Å². The number of hydrogen-bond acceptors (Lipinski definition) is 4. The van der Waals surface area contributed by atoms with Crippen LogP contribution in [-0.4, -0.2) is 20.5 Å². The van der Waals surface area contributed by atoms with Crippen molar-refractivity contribution < 1.29 is 9.90 Å². The van der Waals surface area contributed by atoms with Gasteiger partial charge in [0.15, 0.2) is 5.82 Å². The van der Waals surface area contributed by atoms with Crippen LogP contribution in [0.1, 0.15) is 41.4 Å². The molecule has 122 valence electrons. The van der Waals surface area contributed by atoms with E-state index in [-0.39, 0.29) is 5.56 Å². The fraction of sp³-hybridized carbons (Fsp3) is 0.222. The van der Waals surface area contributed by atoms with E-state index in [2.05, 4.69) is 29.1 Å². The number of benzene rings is 1. The van der Waals surface area contributed by atoms with Gasteiger partial charge in [0.05, 0.1) is 16.9 Å². The Kier molecular flexibility index (Phi) is 4.12. The lowest BCUT2D eigenvalue weighted by molar-refractivity contribution is 0.0696. The van der Waals surface area contributed by atoms with Crippen LogP contribution >= 0.6 is 0 Å². The first-order valence-corrected chi connectivity index (χ1v) is 7.69. The third kappa shape index (κ3) is 3.03. The van der Waals surface area contributed by atoms with Crippen LogP contribution in [0.25, 0.3) is 5.65 Å². The van der Waals surface area contributed by atoms with Gasteiger partial charge in [0.25, 0.3) is 0 Å². The number of pyridine rings is 1. The quantitative estimate of drug-likeness (QED) is 0.695. The molecule has 0 aliphatic carbocycles. The molecule has 0 aliphatic rings. The number of carbonyl (C=O) groups is 1. The highest BCUT2D eigenvalue weighted by molar-refractivity contribution is 5.87. The van der Waals surface area contributed by atoms with Crippen molar-refractivity contribution >= 4 is 23.1 Å². The second-order valence-electron chi connectivity index (χ2n) is 5.92. The molecule has 24 heavy (non-hydrogen) atoms. The maximum atomic E-state index is 11.1. The molecular weight excluding hydrogens is 304 g/mol. The van der Waals surface area contributed by atoms with Crippen molar-refractivity contribution in [2.75, 3.05) is 0 Å². The molecule has 0 atom stereocenters. The average Bonchev–Trinajstić information content (AvgIpc) is 2.87. The van der Waals surface area contributed by atoms with Gasteiger partial charge in [0, 0.05) is 6.20 Å². The molecule has 0 saturated carbocycles. The summed E-state index contributed by atoms with van der Waals surface area (Å²) in [6.07, 6.45) is 1.51. The molecule has 3 aromatic rings. The molecule has 6 nitrogen and oxygen atoms in total. The topological polar surface area (TPSA) is 79.3 Å². The number of carboxylic acid groups (broad SMARTS) is 1. The van der Waals surface area contributed by atoms with Crippen LogP contribution in [0.3, 0.4) is 0 Å². The number of imidazole rings is 1. The maximum Gasteiger partial charge on any atom is 0.337 e. The Morgan fingerprint density at radius 3 is 2.46 bits per heavy atom. The van der Waals surface area contributed by atoms with E-state index in [0.29, 0.717) is 23.1 Å². The summed E-state index contributed by atoms with van der Waals surface area (Å²) in [6, 6.07) is 11.1. The Bertz CT molecular complexity index is 924. The zero-order valence-electron chi connectivity index (χ0n) is 13.8. The molecule has 0 spiro atoms. The van der Waals surface area contributed by atoms with Crippen LogP contribution in [0.5, 0.6) is 0 Å². The summed E-state index contributed by atoms with van der Waals surface area (Å²) in [5.41, 5.74) is 3.49. The lowest BCUT2D eigenvalue weighted by Gasteiger charge is -2.04. The van der Waals surface area contributed by atoms with E-state index in [1.165, 1.54) is 17.8 Å². The number of nitrogens with zero attached hydrogens (tertiary/aromatic N) is 4. The Morgan fingerprint density at radius 2 is 1.83 bits per heavy atom. The normalized spacial score (nSPS) is 11.7. The van der Waals surface area contributed by atoms with Crippen LogP contribution in [-0.2, 0) is 0 Å². The lowest BCUT2D eigenvalue weighted by Crippen LogP contribution is -1.98. The van der Waals surface area contributed by atoms with Crippen LogP contribution < -0.4 is 0 Å². The number of hydrogen-bond donors (Lipinski definition) is 1. The summed E-state index contributed by atoms with van der Waals surface area (Å²) in [7, 11) is 0. The van der Waals surface area contributed by atoms with Gasteiger partial charge in [-0.3, -0.25) is 4.40 Å². The third-order valence-corrected chi connectivity index (χ3v) is 3.83. The predicted molar refractivity (Wildman–Crippen MR) is 91.6 cm³/mol. The number of carboxylic acids is 1. The van der Waals surface area contributed by atoms with Crippen molar-refractivity contribution in [1.29, 1.82) is 0 Å². The van der Waals surface area contributed by atoms with Gasteiger partial charge in [-0.1, -0.05) is 26.0 Å². The second-order valence-corrected chi connectivity index (χ2v) is 5.92. The van der Waals surface area contributed by atoms with Crippen LogP contribution in [0.2, 0.25) is 0 Å². The smallest absolute Gasteiger partial charge is 0.337 e. The van der Waals surface area contributed by atoms with Gasteiger partial charge >= 0.3 is 5.97 Å². The molecule has 2 heterocycles. The molecule has 1 N–H and O–H groups in total. The van der Waals surface area contributed by atoms with Gasteiger partial charge in [-0.15, -0.1) is 10.2 Å². The highest BCUT2D eigenvalue weighted by Gasteiger charge is 2.11. The molecule has 3 rings (SSSR count). The van der Waals surface area contributed by atoms with E-state index < -0.39 is 5.97 Å². The van der Waals surface area contributed by atoms with E-state index in [4.69, 9.17) is 5.11 Å². The van der Waals surface area contributed by atoms with E-state index in [1.54, 1.807) is 10.5 Å². The number of aromatic nitrogens is 2. The maximum absolute atomic E-state index is 11.1. The summed E-state index contributed by atoms with van der Waals surface area (Å²) >= 11 is 0. The standard InChI is InChI=1S/C18H18N4O2/c1-11(2)13-4-7-15(8-5-13)20-21-17-12(3)19-16-9-6-14(18(23)24)10-22(16)17/h4-11H,1-3H3,(H,23,24). The van der Waals surface area contributed by atoms with Crippen LogP contribution in [0.15, 0.2) is 52.8 Å². The largest absolute Gasteiger partial charge is 0.478 e. The molecule has 0 saturated heterocycles. The Morgan fingerprint density at radius 1 is 1.12 bits per heavy atom. The zero-order chi connectivity index (χ0) is 17.3. The summed E-state index contributed by atoms with van der Waals surface area (Å²) in [6.45, 7) is 6.10. The molecule has 0 radical (unpaired) electrons. The molecule has 0 unspecified atom stereocenters. The van der Waals surface area contributed by atoms with Crippen LogP contribution in [0.4, 0.5) is 11.5 Å². The predicted octanol–water partition coefficient (Wildman–Crippen LogP) is 4.88. The summed E-state index contributed by atoms with van der Waals surface area (Å²) in [4.78, 5) is 15.5. The number of aryl methyl sites for hydroxylation is 1. The van der Waals surface area contributed by atoms with Gasteiger partial charge in [0.1, 0.15) is 5.65 Å². The van der Waals surface area contributed by atoms with Crippen molar-refractivity contribution in [3.8, 4) is 0 Å². The molecule has 0 aliphatic heterocycles. The minimum absolute atomic E-state index is 0.178. The van der Waals surface area contributed by atoms with Gasteiger partial charge in [-0.25, -0.2) is 9.78 Å². The monoisotopic (exact) mass is 322 g/mol. The molecule has 1 aromatic carbocycles. The first kappa shape index (κ1) is 15.9. The molecule has 6 heteroatoms. The molecule has 0 amide bonds. The highest BCUT2D eigenvalue weighted by atomic mass is 16.4. The summed E-state index contributed by atoms with van der Waals surface area (Å²) in [5.74, 6) is 0.00268. The first-order valence-electron chi connectivity index (χ1n) is 7.69. The van der Waals surface area contributed by atoms with Gasteiger partial charge in [-0.2, -0.15) is 0 Å². The van der Waals surface area contributed by atoms with Gasteiger partial charge in [0.2, 0.25) is 0 Å². The number of azo groups is 1. The van der Waals surface area contributed by atoms with Crippen molar-refractivity contribution in [3.63, 3.8) is 0 Å². The second kappa shape index (κ2) is 6.23. The zero-order valence-corrected chi connectivity index (χ0v) is 13.8. The minimum Gasteiger partial charge on any atom is -0.478 e. The van der Waals surface area contributed by atoms with E-state index in [0.717, 1.165) is 5.69 Å². The van der Waals surface area contributed by atoms with Crippen molar-refractivity contribution in [1.82, 2.24) is 9.38 Å². The van der Waals surface area contributed by atoms with Crippen LogP contribution in [0, 0.1) is 6.92 Å². The Balaban J connectivity index is 1.98. The molecule has 2 aromatic heterocycles. The summed E-state index contributed by atoms with van der Waals surface area (Å²) < 4.78 is 1.64. The van der Waals surface area contributed by atoms with Crippen molar-refractivity contribution in [3.05, 3.63) is 59.4 Å². The Labute approximate surface area is 139 Å². The fourth-order valence-electron chi connectivity index (χ4n) is 2.43. The highest BCUT2D eigenvalue weighted by Crippen LogP contribution is 2.25. The third-order valence-electron chi connectivity index (χ3n) is 3.83. The van der Waals surface area contributed by atoms with Gasteiger partial charge < -0.3 is 5.11 Å². The van der Waals surface area contributed by atoms with E-state index in [9.17, 15) is 4.79 Å². The van der Waals surface area contributed by atoms with E-state index in [1.807, 2.05) is 31.2 Å².